The number of nitrogens with zero attached hydrogens (tertiary/aromatic N) is 1. The highest BCUT2D eigenvalue weighted by Gasteiger charge is 2.08. The van der Waals surface area contributed by atoms with E-state index < -0.39 is 0 Å². The van der Waals surface area contributed by atoms with Crippen LogP contribution >= 0.6 is 0 Å². The standard InChI is InChI=1S/C43H75N/c1-7-10-12-14-16-18-20-22-24-25-27-29-31-33-35-37-39-42(40-43(9-3)44(5)6)41(4)38-36-34-32-30-28-26-23-21-19-17-15-13-11-8-2/h9,15-22,37,39-41H,7-8,10-14,23-36,38H2,1-6H3/b17-15+,18-16+,21-19+,22-20+,39-37+,42-40+,43-9+. The van der Waals surface area contributed by atoms with Gasteiger partial charge in [-0.2, -0.15) is 0 Å². The van der Waals surface area contributed by atoms with E-state index in [0.717, 1.165) is 0 Å². The molecule has 1 nitrogen and oxygen atoms in total. The van der Waals surface area contributed by atoms with E-state index >= 15 is 0 Å². The number of hydrogen-bond donors (Lipinski definition) is 0. The van der Waals surface area contributed by atoms with Crippen LogP contribution in [0.15, 0.2) is 84.2 Å². The van der Waals surface area contributed by atoms with Crippen LogP contribution in [0.25, 0.3) is 0 Å². The number of hydrogen-bond acceptors (Lipinski definition) is 1. The van der Waals surface area contributed by atoms with Crippen LogP contribution in [0.4, 0.5) is 0 Å². The molecule has 1 atom stereocenters. The Balaban J connectivity index is 4.24. The number of allylic oxidation sites excluding steroid dienone is 13. The minimum absolute atomic E-state index is 0.607. The van der Waals surface area contributed by atoms with Gasteiger partial charge in [0.15, 0.2) is 0 Å². The number of unbranched alkanes of at least 4 members (excludes halogenated alkanes) is 17. The molecule has 0 rings (SSSR count). The lowest BCUT2D eigenvalue weighted by molar-refractivity contribution is 0.516. The molecule has 0 aromatic carbocycles. The number of likely N-dealkylation sites (N-methyl/N-ethyl adjacent to an activating group) is 1. The Kier molecular flexibility index (Phi) is 32.3. The van der Waals surface area contributed by atoms with Crippen molar-refractivity contribution in [2.45, 2.75) is 169 Å². The molecular formula is C43H75N. The minimum Gasteiger partial charge on any atom is -0.378 e. The van der Waals surface area contributed by atoms with Gasteiger partial charge in [0, 0.05) is 19.8 Å². The first-order valence-electron chi connectivity index (χ1n) is 18.9. The lowest BCUT2D eigenvalue weighted by Crippen LogP contribution is -2.10. The first-order chi connectivity index (χ1) is 21.6. The first kappa shape index (κ1) is 42.0. The zero-order chi connectivity index (χ0) is 32.4. The van der Waals surface area contributed by atoms with Crippen LogP contribution in [-0.4, -0.2) is 19.0 Å². The zero-order valence-electron chi connectivity index (χ0n) is 30.5. The van der Waals surface area contributed by atoms with Crippen LogP contribution in [0.1, 0.15) is 169 Å². The average Bonchev–Trinajstić information content (AvgIpc) is 3.02. The van der Waals surface area contributed by atoms with E-state index in [1.54, 1.807) is 0 Å². The lowest BCUT2D eigenvalue weighted by Gasteiger charge is -2.18. The highest BCUT2D eigenvalue weighted by Crippen LogP contribution is 2.23. The van der Waals surface area contributed by atoms with Crippen molar-refractivity contribution in [3.63, 3.8) is 0 Å². The van der Waals surface area contributed by atoms with E-state index in [9.17, 15) is 0 Å². The maximum Gasteiger partial charge on any atom is 0.0320 e. The van der Waals surface area contributed by atoms with Crippen molar-refractivity contribution in [3.8, 4) is 0 Å². The van der Waals surface area contributed by atoms with Gasteiger partial charge in [-0.3, -0.25) is 0 Å². The van der Waals surface area contributed by atoms with E-state index in [0.29, 0.717) is 5.92 Å². The molecule has 0 aliphatic heterocycles. The highest BCUT2D eigenvalue weighted by atomic mass is 15.1. The third-order valence-corrected chi connectivity index (χ3v) is 8.47. The van der Waals surface area contributed by atoms with E-state index in [-0.39, 0.29) is 0 Å². The molecule has 0 bridgehead atoms. The molecular weight excluding hydrogens is 530 g/mol. The SMILES string of the molecule is C\C=C(/C=C(\C=C\CCCCCCC/C=C/C=C/CCCCC)C(C)CCCCCCCC/C=C/C=C/CCCC)N(C)C. The van der Waals surface area contributed by atoms with Crippen LogP contribution in [0.2, 0.25) is 0 Å². The summed E-state index contributed by atoms with van der Waals surface area (Å²) >= 11 is 0. The molecule has 0 aliphatic rings. The summed E-state index contributed by atoms with van der Waals surface area (Å²) in [5, 5.41) is 0. The lowest BCUT2D eigenvalue weighted by atomic mass is 9.92. The largest absolute Gasteiger partial charge is 0.378 e. The van der Waals surface area contributed by atoms with Crippen molar-refractivity contribution >= 4 is 0 Å². The summed E-state index contributed by atoms with van der Waals surface area (Å²) in [5.41, 5.74) is 2.80. The van der Waals surface area contributed by atoms with E-state index in [2.05, 4.69) is 120 Å². The zero-order valence-corrected chi connectivity index (χ0v) is 30.5. The molecule has 0 amide bonds. The maximum atomic E-state index is 2.44. The van der Waals surface area contributed by atoms with Gasteiger partial charge in [0.25, 0.3) is 0 Å². The van der Waals surface area contributed by atoms with Crippen molar-refractivity contribution in [2.24, 2.45) is 5.92 Å². The van der Waals surface area contributed by atoms with Crippen LogP contribution < -0.4 is 0 Å². The van der Waals surface area contributed by atoms with Gasteiger partial charge >= 0.3 is 0 Å². The van der Waals surface area contributed by atoms with Gasteiger partial charge in [-0.25, -0.2) is 0 Å². The van der Waals surface area contributed by atoms with E-state index in [1.165, 1.54) is 153 Å². The van der Waals surface area contributed by atoms with Crippen molar-refractivity contribution in [1.82, 2.24) is 4.90 Å². The topological polar surface area (TPSA) is 3.24 Å². The molecule has 1 unspecified atom stereocenters. The molecule has 0 saturated carbocycles. The van der Waals surface area contributed by atoms with Gasteiger partial charge < -0.3 is 4.90 Å². The Hall–Kier alpha value is -2.02. The Bertz CT molecular complexity index is 816. The quantitative estimate of drug-likeness (QED) is 0.0581. The predicted octanol–water partition coefficient (Wildman–Crippen LogP) is 14.4. The van der Waals surface area contributed by atoms with Crippen LogP contribution in [0.3, 0.4) is 0 Å². The molecule has 0 aromatic heterocycles. The molecule has 1 heteroatoms. The Morgan fingerprint density at radius 2 is 0.932 bits per heavy atom. The Labute approximate surface area is 277 Å². The summed E-state index contributed by atoms with van der Waals surface area (Å²) in [4.78, 5) is 2.23. The monoisotopic (exact) mass is 606 g/mol. The van der Waals surface area contributed by atoms with Crippen LogP contribution in [-0.2, 0) is 0 Å². The molecule has 0 fully saturated rings. The van der Waals surface area contributed by atoms with Crippen LogP contribution in [0, 0.1) is 5.92 Å². The van der Waals surface area contributed by atoms with Crippen molar-refractivity contribution < 1.29 is 0 Å². The number of rotatable bonds is 30. The van der Waals surface area contributed by atoms with Gasteiger partial charge in [0.05, 0.1) is 0 Å². The summed E-state index contributed by atoms with van der Waals surface area (Å²) in [5.74, 6) is 0.607. The van der Waals surface area contributed by atoms with Gasteiger partial charge in [-0.05, 0) is 88.7 Å². The van der Waals surface area contributed by atoms with Gasteiger partial charge in [-0.15, -0.1) is 0 Å². The smallest absolute Gasteiger partial charge is 0.0320 e. The summed E-state index contributed by atoms with van der Waals surface area (Å²) in [6.45, 7) is 9.10. The summed E-state index contributed by atoms with van der Waals surface area (Å²) in [7, 11) is 4.30. The van der Waals surface area contributed by atoms with Crippen molar-refractivity contribution in [1.29, 1.82) is 0 Å². The molecule has 44 heavy (non-hydrogen) atoms. The fourth-order valence-corrected chi connectivity index (χ4v) is 5.39. The molecule has 0 heterocycles. The minimum atomic E-state index is 0.607. The van der Waals surface area contributed by atoms with Gasteiger partial charge in [0.1, 0.15) is 0 Å². The fourth-order valence-electron chi connectivity index (χ4n) is 5.39. The maximum absolute atomic E-state index is 2.44. The second kappa shape index (κ2) is 33.9. The second-order valence-electron chi connectivity index (χ2n) is 13.0. The normalized spacial score (nSPS) is 14.0. The first-order valence-corrected chi connectivity index (χ1v) is 18.9. The van der Waals surface area contributed by atoms with Crippen LogP contribution in [0.5, 0.6) is 0 Å². The molecule has 0 aromatic rings. The van der Waals surface area contributed by atoms with Gasteiger partial charge in [0.2, 0.25) is 0 Å². The summed E-state index contributed by atoms with van der Waals surface area (Å²) in [6, 6.07) is 0. The second-order valence-corrected chi connectivity index (χ2v) is 13.0. The average molecular weight is 606 g/mol. The van der Waals surface area contributed by atoms with Crippen molar-refractivity contribution in [2.75, 3.05) is 14.1 Å². The molecule has 0 spiro atoms. The molecule has 0 N–H and O–H groups in total. The summed E-state index contributed by atoms with van der Waals surface area (Å²) in [6.07, 6.45) is 56.6. The molecule has 0 saturated heterocycles. The predicted molar refractivity (Wildman–Crippen MR) is 203 cm³/mol. The molecule has 0 radical (unpaired) electrons. The molecule has 0 aliphatic carbocycles. The third-order valence-electron chi connectivity index (χ3n) is 8.47. The fraction of sp³-hybridized carbons (Fsp3) is 0.674. The Morgan fingerprint density at radius 1 is 0.523 bits per heavy atom. The summed E-state index contributed by atoms with van der Waals surface area (Å²) < 4.78 is 0. The Morgan fingerprint density at radius 3 is 1.39 bits per heavy atom. The van der Waals surface area contributed by atoms with Crippen molar-refractivity contribution in [3.05, 3.63) is 84.2 Å². The van der Waals surface area contributed by atoms with Gasteiger partial charge in [-0.1, -0.05) is 165 Å². The molecule has 252 valence electrons. The van der Waals surface area contributed by atoms with E-state index in [1.807, 2.05) is 0 Å². The highest BCUT2D eigenvalue weighted by molar-refractivity contribution is 5.30. The third kappa shape index (κ3) is 28.7. The van der Waals surface area contributed by atoms with E-state index in [4.69, 9.17) is 0 Å².